The summed E-state index contributed by atoms with van der Waals surface area (Å²) in [6, 6.07) is 4.54. The van der Waals surface area contributed by atoms with Gasteiger partial charge in [-0.25, -0.2) is 13.8 Å². The zero-order valence-electron chi connectivity index (χ0n) is 12.0. The van der Waals surface area contributed by atoms with Gasteiger partial charge >= 0.3 is 0 Å². The number of nitrogens with zero attached hydrogens (tertiary/aromatic N) is 1. The van der Waals surface area contributed by atoms with Gasteiger partial charge in [-0.1, -0.05) is 19.4 Å². The average molecular weight is 308 g/mol. The van der Waals surface area contributed by atoms with Gasteiger partial charge in [0.1, 0.15) is 16.6 Å². The predicted octanol–water partition coefficient (Wildman–Crippen LogP) is 4.29. The maximum atomic E-state index is 13.9. The van der Waals surface area contributed by atoms with Crippen LogP contribution in [0.4, 0.5) is 8.78 Å². The third-order valence-corrected chi connectivity index (χ3v) is 4.69. The molecule has 0 radical (unpaired) electrons. The molecule has 1 heterocycles. The van der Waals surface area contributed by atoms with Crippen LogP contribution in [-0.2, 0) is 13.0 Å². The van der Waals surface area contributed by atoms with E-state index in [1.54, 1.807) is 0 Å². The van der Waals surface area contributed by atoms with E-state index in [1.165, 1.54) is 42.4 Å². The van der Waals surface area contributed by atoms with E-state index in [0.717, 1.165) is 30.0 Å². The highest BCUT2D eigenvalue weighted by atomic mass is 32.1. The molecule has 0 unspecified atom stereocenters. The van der Waals surface area contributed by atoms with Gasteiger partial charge in [-0.15, -0.1) is 11.3 Å². The molecule has 112 valence electrons. The van der Waals surface area contributed by atoms with Gasteiger partial charge in [0.15, 0.2) is 0 Å². The smallest absolute Gasteiger partial charge is 0.136 e. The first-order valence-corrected chi connectivity index (χ1v) is 8.17. The second-order valence-electron chi connectivity index (χ2n) is 5.39. The van der Waals surface area contributed by atoms with E-state index in [4.69, 9.17) is 0 Å². The first-order valence-electron chi connectivity index (χ1n) is 7.35. The summed E-state index contributed by atoms with van der Waals surface area (Å²) < 4.78 is 27.8. The number of aromatic nitrogens is 1. The zero-order valence-corrected chi connectivity index (χ0v) is 12.8. The van der Waals surface area contributed by atoms with Crippen molar-refractivity contribution in [2.45, 2.75) is 45.2 Å². The van der Waals surface area contributed by atoms with Gasteiger partial charge in [0.25, 0.3) is 0 Å². The van der Waals surface area contributed by atoms with Crippen LogP contribution in [0.15, 0.2) is 18.2 Å². The Labute approximate surface area is 127 Å². The third kappa shape index (κ3) is 3.30. The van der Waals surface area contributed by atoms with Crippen molar-refractivity contribution in [1.82, 2.24) is 10.3 Å². The quantitative estimate of drug-likeness (QED) is 0.861. The van der Waals surface area contributed by atoms with Gasteiger partial charge in [-0.3, -0.25) is 0 Å². The summed E-state index contributed by atoms with van der Waals surface area (Å²) in [7, 11) is 0. The van der Waals surface area contributed by atoms with Crippen molar-refractivity contribution in [3.63, 3.8) is 0 Å². The van der Waals surface area contributed by atoms with Gasteiger partial charge in [0, 0.05) is 17.5 Å². The average Bonchev–Trinajstić information content (AvgIpc) is 3.19. The molecule has 1 aromatic heterocycles. The van der Waals surface area contributed by atoms with E-state index in [1.807, 2.05) is 0 Å². The Hall–Kier alpha value is -1.33. The van der Waals surface area contributed by atoms with Crippen LogP contribution in [-0.4, -0.2) is 11.0 Å². The summed E-state index contributed by atoms with van der Waals surface area (Å²) in [5.74, 6) is -1.10. The molecule has 1 aliphatic carbocycles. The summed E-state index contributed by atoms with van der Waals surface area (Å²) in [4.78, 5) is 5.59. The number of aryl methyl sites for hydroxylation is 1. The molecule has 21 heavy (non-hydrogen) atoms. The lowest BCUT2D eigenvalue weighted by molar-refractivity contribution is 0.589. The molecule has 3 rings (SSSR count). The van der Waals surface area contributed by atoms with E-state index in [2.05, 4.69) is 17.2 Å². The number of hydrogen-bond acceptors (Lipinski definition) is 3. The lowest BCUT2D eigenvalue weighted by Gasteiger charge is -2.01. The normalized spacial score (nSPS) is 14.6. The van der Waals surface area contributed by atoms with E-state index in [-0.39, 0.29) is 5.56 Å². The fraction of sp³-hybridized carbons (Fsp3) is 0.438. The Morgan fingerprint density at radius 1 is 1.29 bits per heavy atom. The van der Waals surface area contributed by atoms with Crippen LogP contribution in [0.1, 0.15) is 36.8 Å². The Morgan fingerprint density at radius 2 is 2.00 bits per heavy atom. The molecule has 0 saturated heterocycles. The lowest BCUT2D eigenvalue weighted by atomic mass is 10.2. The Bertz CT molecular complexity index is 615. The second-order valence-corrected chi connectivity index (χ2v) is 6.47. The standard InChI is InChI=1S/C16H18F2N2S/c1-2-4-13-14(9-19-10-7-8-10)21-16(20-13)15-11(17)5-3-6-12(15)18/h3,5-6,10,19H,2,4,7-9H2,1H3. The molecule has 0 atom stereocenters. The van der Waals surface area contributed by atoms with Gasteiger partial charge < -0.3 is 5.32 Å². The van der Waals surface area contributed by atoms with E-state index in [9.17, 15) is 8.78 Å². The fourth-order valence-corrected chi connectivity index (χ4v) is 3.39. The summed E-state index contributed by atoms with van der Waals surface area (Å²) in [5.41, 5.74) is 0.964. The molecule has 1 fully saturated rings. The molecule has 0 bridgehead atoms. The Morgan fingerprint density at radius 3 is 2.62 bits per heavy atom. The maximum absolute atomic E-state index is 13.9. The van der Waals surface area contributed by atoms with E-state index < -0.39 is 11.6 Å². The number of rotatable bonds is 6. The maximum Gasteiger partial charge on any atom is 0.136 e. The SMILES string of the molecule is CCCc1nc(-c2c(F)cccc2F)sc1CNC1CC1. The van der Waals surface area contributed by atoms with Crippen molar-refractivity contribution in [2.75, 3.05) is 0 Å². The first-order chi connectivity index (χ1) is 10.2. The summed E-state index contributed by atoms with van der Waals surface area (Å²) >= 11 is 1.40. The van der Waals surface area contributed by atoms with Gasteiger partial charge in [-0.05, 0) is 31.4 Å². The molecular formula is C16H18F2N2S. The summed E-state index contributed by atoms with van der Waals surface area (Å²) in [5, 5.41) is 3.89. The van der Waals surface area contributed by atoms with E-state index >= 15 is 0 Å². The lowest BCUT2D eigenvalue weighted by Crippen LogP contribution is -2.15. The Kier molecular flexibility index (Phi) is 4.31. The minimum absolute atomic E-state index is 0.00229. The highest BCUT2D eigenvalue weighted by Crippen LogP contribution is 2.33. The van der Waals surface area contributed by atoms with Crippen LogP contribution in [0.3, 0.4) is 0 Å². The molecule has 0 aliphatic heterocycles. The van der Waals surface area contributed by atoms with Crippen LogP contribution in [0.2, 0.25) is 0 Å². The van der Waals surface area contributed by atoms with E-state index in [0.29, 0.717) is 11.0 Å². The monoisotopic (exact) mass is 308 g/mol. The van der Waals surface area contributed by atoms with Gasteiger partial charge in [-0.2, -0.15) is 0 Å². The first kappa shape index (κ1) is 14.6. The highest BCUT2D eigenvalue weighted by molar-refractivity contribution is 7.15. The van der Waals surface area contributed by atoms with Crippen molar-refractivity contribution < 1.29 is 8.78 Å². The topological polar surface area (TPSA) is 24.9 Å². The molecule has 5 heteroatoms. The summed E-state index contributed by atoms with van der Waals surface area (Å²) in [6.45, 7) is 2.83. The molecule has 1 aromatic carbocycles. The van der Waals surface area contributed by atoms with Crippen LogP contribution in [0, 0.1) is 11.6 Å². The van der Waals surface area contributed by atoms with Crippen molar-refractivity contribution in [1.29, 1.82) is 0 Å². The van der Waals surface area contributed by atoms with Crippen LogP contribution >= 0.6 is 11.3 Å². The van der Waals surface area contributed by atoms with Crippen molar-refractivity contribution in [2.24, 2.45) is 0 Å². The molecule has 1 N–H and O–H groups in total. The molecule has 1 saturated carbocycles. The second kappa shape index (κ2) is 6.20. The molecule has 0 amide bonds. The molecular weight excluding hydrogens is 290 g/mol. The number of halogens is 2. The largest absolute Gasteiger partial charge is 0.309 e. The Balaban J connectivity index is 1.92. The third-order valence-electron chi connectivity index (χ3n) is 3.57. The van der Waals surface area contributed by atoms with Gasteiger partial charge in [0.2, 0.25) is 0 Å². The molecule has 0 spiro atoms. The minimum atomic E-state index is -0.548. The summed E-state index contributed by atoms with van der Waals surface area (Å²) in [6.07, 6.45) is 4.25. The van der Waals surface area contributed by atoms with Crippen molar-refractivity contribution >= 4 is 11.3 Å². The van der Waals surface area contributed by atoms with Crippen LogP contribution < -0.4 is 5.32 Å². The van der Waals surface area contributed by atoms with Gasteiger partial charge in [0.05, 0.1) is 11.3 Å². The molecule has 2 aromatic rings. The zero-order chi connectivity index (χ0) is 14.8. The number of benzene rings is 1. The van der Waals surface area contributed by atoms with Crippen LogP contribution in [0.25, 0.3) is 10.6 Å². The van der Waals surface area contributed by atoms with Crippen molar-refractivity contribution in [3.8, 4) is 10.6 Å². The van der Waals surface area contributed by atoms with Crippen LogP contribution in [0.5, 0.6) is 0 Å². The predicted molar refractivity (Wildman–Crippen MR) is 81.3 cm³/mol. The number of hydrogen-bond donors (Lipinski definition) is 1. The minimum Gasteiger partial charge on any atom is -0.309 e. The molecule has 2 nitrogen and oxygen atoms in total. The fourth-order valence-electron chi connectivity index (χ4n) is 2.29. The van der Waals surface area contributed by atoms with Crippen molar-refractivity contribution in [3.05, 3.63) is 40.4 Å². The molecule has 1 aliphatic rings. The number of nitrogens with one attached hydrogen (secondary N) is 1. The highest BCUT2D eigenvalue weighted by Gasteiger charge is 2.22. The number of thiazole rings is 1.